The van der Waals surface area contributed by atoms with Crippen LogP contribution in [-0.4, -0.2) is 32.1 Å². The van der Waals surface area contributed by atoms with E-state index in [0.29, 0.717) is 17.7 Å². The van der Waals surface area contributed by atoms with Crippen molar-refractivity contribution in [3.05, 3.63) is 27.7 Å². The Bertz CT molecular complexity index is 583. The van der Waals surface area contributed by atoms with E-state index in [2.05, 4.69) is 15.9 Å². The minimum Gasteiger partial charge on any atom is -0.496 e. The van der Waals surface area contributed by atoms with Crippen LogP contribution in [-0.2, 0) is 9.84 Å². The fraction of sp³-hybridized carbons (Fsp3) is 0.538. The zero-order valence-electron chi connectivity index (χ0n) is 10.9. The third-order valence-corrected chi connectivity index (χ3v) is 6.19. The average Bonchev–Trinajstić information content (AvgIpc) is 2.71. The minimum absolute atomic E-state index is 0.0445. The van der Waals surface area contributed by atoms with Crippen LogP contribution in [0.1, 0.15) is 23.7 Å². The molecule has 0 bridgehead atoms. The molecule has 0 spiro atoms. The molecule has 4 nitrogen and oxygen atoms in total. The lowest BCUT2D eigenvalue weighted by molar-refractivity contribution is 0.118. The number of aliphatic hydroxyl groups is 1. The van der Waals surface area contributed by atoms with E-state index in [1.54, 1.807) is 7.11 Å². The summed E-state index contributed by atoms with van der Waals surface area (Å²) in [6, 6.07) is 3.65. The van der Waals surface area contributed by atoms with Gasteiger partial charge < -0.3 is 9.84 Å². The Hall–Kier alpha value is -0.590. The number of aliphatic hydroxyl groups excluding tert-OH is 1. The first-order chi connectivity index (χ1) is 8.84. The number of hydrogen-bond acceptors (Lipinski definition) is 4. The first kappa shape index (κ1) is 14.8. The van der Waals surface area contributed by atoms with Gasteiger partial charge in [0, 0.05) is 16.0 Å². The molecule has 1 aliphatic rings. The summed E-state index contributed by atoms with van der Waals surface area (Å²) in [6.45, 7) is 1.93. The topological polar surface area (TPSA) is 63.6 Å². The van der Waals surface area contributed by atoms with Crippen LogP contribution in [0.5, 0.6) is 5.75 Å². The number of methoxy groups -OCH3 is 1. The molecule has 0 amide bonds. The zero-order chi connectivity index (χ0) is 14.2. The lowest BCUT2D eigenvalue weighted by atomic mass is 9.94. The second kappa shape index (κ2) is 5.42. The lowest BCUT2D eigenvalue weighted by Gasteiger charge is -2.20. The maximum Gasteiger partial charge on any atom is 0.150 e. The SMILES string of the molecule is COc1cc(C)c(Br)cc1C(O)C1CCS(=O)(=O)C1. The quantitative estimate of drug-likeness (QED) is 0.909. The van der Waals surface area contributed by atoms with Crippen LogP contribution < -0.4 is 4.74 Å². The zero-order valence-corrected chi connectivity index (χ0v) is 13.3. The third-order valence-electron chi connectivity index (χ3n) is 3.54. The molecule has 1 aliphatic heterocycles. The van der Waals surface area contributed by atoms with Crippen LogP contribution in [0.2, 0.25) is 0 Å². The number of halogens is 1. The largest absolute Gasteiger partial charge is 0.496 e. The highest BCUT2D eigenvalue weighted by molar-refractivity contribution is 9.10. The first-order valence-electron chi connectivity index (χ1n) is 6.06. The first-order valence-corrected chi connectivity index (χ1v) is 8.68. The van der Waals surface area contributed by atoms with Gasteiger partial charge in [-0.15, -0.1) is 0 Å². The van der Waals surface area contributed by atoms with E-state index < -0.39 is 15.9 Å². The molecule has 0 radical (unpaired) electrons. The van der Waals surface area contributed by atoms with E-state index in [0.717, 1.165) is 10.0 Å². The van der Waals surface area contributed by atoms with Crippen LogP contribution in [0.15, 0.2) is 16.6 Å². The fourth-order valence-electron chi connectivity index (χ4n) is 2.41. The summed E-state index contributed by atoms with van der Waals surface area (Å²) in [4.78, 5) is 0. The van der Waals surface area contributed by atoms with Crippen molar-refractivity contribution in [3.8, 4) is 5.75 Å². The van der Waals surface area contributed by atoms with Gasteiger partial charge in [-0.2, -0.15) is 0 Å². The van der Waals surface area contributed by atoms with Crippen LogP contribution in [0.3, 0.4) is 0 Å². The van der Waals surface area contributed by atoms with Gasteiger partial charge in [-0.25, -0.2) is 8.42 Å². The standard InChI is InChI=1S/C13H17BrO4S/c1-8-5-12(18-2)10(6-11(8)14)13(15)9-3-4-19(16,17)7-9/h5-6,9,13,15H,3-4,7H2,1-2H3. The molecule has 0 aliphatic carbocycles. The third kappa shape index (κ3) is 3.12. The van der Waals surface area contributed by atoms with Gasteiger partial charge in [-0.3, -0.25) is 0 Å². The van der Waals surface area contributed by atoms with Crippen molar-refractivity contribution in [1.29, 1.82) is 0 Å². The number of rotatable bonds is 3. The molecule has 2 atom stereocenters. The van der Waals surface area contributed by atoms with Gasteiger partial charge in [0.25, 0.3) is 0 Å². The van der Waals surface area contributed by atoms with E-state index in [1.807, 2.05) is 19.1 Å². The van der Waals surface area contributed by atoms with Gasteiger partial charge in [0.15, 0.2) is 9.84 Å². The number of hydrogen-bond donors (Lipinski definition) is 1. The summed E-state index contributed by atoms with van der Waals surface area (Å²) in [6.07, 6.45) is -0.317. The average molecular weight is 349 g/mol. The van der Waals surface area contributed by atoms with Crippen molar-refractivity contribution in [2.75, 3.05) is 18.6 Å². The van der Waals surface area contributed by atoms with Crippen LogP contribution in [0.4, 0.5) is 0 Å². The summed E-state index contributed by atoms with van der Waals surface area (Å²) in [7, 11) is -1.45. The summed E-state index contributed by atoms with van der Waals surface area (Å²) >= 11 is 3.42. The number of aryl methyl sites for hydroxylation is 1. The van der Waals surface area contributed by atoms with Gasteiger partial charge in [0.05, 0.1) is 24.7 Å². The molecule has 1 heterocycles. The predicted octanol–water partition coefficient (Wildman–Crippen LogP) is 2.23. The van der Waals surface area contributed by atoms with Gasteiger partial charge in [0.1, 0.15) is 5.75 Å². The summed E-state index contributed by atoms with van der Waals surface area (Å²) in [5, 5.41) is 10.4. The minimum atomic E-state index is -3.00. The maximum atomic E-state index is 11.5. The predicted molar refractivity (Wildman–Crippen MR) is 77.2 cm³/mol. The second-order valence-electron chi connectivity index (χ2n) is 4.95. The van der Waals surface area contributed by atoms with Gasteiger partial charge in [-0.05, 0) is 31.0 Å². The van der Waals surface area contributed by atoms with Crippen molar-refractivity contribution >= 4 is 25.8 Å². The Balaban J connectivity index is 2.33. The van der Waals surface area contributed by atoms with Gasteiger partial charge in [-0.1, -0.05) is 15.9 Å². The molecule has 1 fully saturated rings. The van der Waals surface area contributed by atoms with Crippen LogP contribution >= 0.6 is 15.9 Å². The molecule has 1 saturated heterocycles. The molecule has 2 rings (SSSR count). The van der Waals surface area contributed by atoms with Crippen molar-refractivity contribution in [1.82, 2.24) is 0 Å². The van der Waals surface area contributed by atoms with Gasteiger partial charge >= 0.3 is 0 Å². The van der Waals surface area contributed by atoms with E-state index in [4.69, 9.17) is 4.74 Å². The van der Waals surface area contributed by atoms with Crippen molar-refractivity contribution < 1.29 is 18.3 Å². The van der Waals surface area contributed by atoms with E-state index in [9.17, 15) is 13.5 Å². The highest BCUT2D eigenvalue weighted by Gasteiger charge is 2.34. The Labute approximate surface area is 121 Å². The Morgan fingerprint density at radius 1 is 1.47 bits per heavy atom. The Morgan fingerprint density at radius 2 is 2.16 bits per heavy atom. The summed E-state index contributed by atoms with van der Waals surface area (Å²) in [5.41, 5.74) is 1.65. The highest BCUT2D eigenvalue weighted by atomic mass is 79.9. The second-order valence-corrected chi connectivity index (χ2v) is 8.03. The van der Waals surface area contributed by atoms with Crippen molar-refractivity contribution in [2.24, 2.45) is 5.92 Å². The summed E-state index contributed by atoms with van der Waals surface area (Å²) in [5.74, 6) is 0.540. The number of benzene rings is 1. The molecular weight excluding hydrogens is 332 g/mol. The molecule has 19 heavy (non-hydrogen) atoms. The monoisotopic (exact) mass is 348 g/mol. The molecular formula is C13H17BrO4S. The van der Waals surface area contributed by atoms with Crippen LogP contribution in [0.25, 0.3) is 0 Å². The Morgan fingerprint density at radius 3 is 2.68 bits per heavy atom. The molecule has 1 aromatic carbocycles. The molecule has 106 valence electrons. The maximum absolute atomic E-state index is 11.5. The summed E-state index contributed by atoms with van der Waals surface area (Å²) < 4.78 is 29.2. The van der Waals surface area contributed by atoms with Crippen LogP contribution in [0, 0.1) is 12.8 Å². The number of sulfone groups is 1. The molecule has 0 aromatic heterocycles. The molecule has 6 heteroatoms. The lowest BCUT2D eigenvalue weighted by Crippen LogP contribution is -2.15. The van der Waals surface area contributed by atoms with Crippen molar-refractivity contribution in [3.63, 3.8) is 0 Å². The highest BCUT2D eigenvalue weighted by Crippen LogP contribution is 2.38. The normalized spacial score (nSPS) is 23.3. The fourth-order valence-corrected chi connectivity index (χ4v) is 4.60. The van der Waals surface area contributed by atoms with E-state index in [1.165, 1.54) is 0 Å². The Kier molecular flexibility index (Phi) is 4.23. The number of ether oxygens (including phenoxy) is 1. The smallest absolute Gasteiger partial charge is 0.150 e. The molecule has 1 N–H and O–H groups in total. The van der Waals surface area contributed by atoms with Gasteiger partial charge in [0.2, 0.25) is 0 Å². The van der Waals surface area contributed by atoms with E-state index in [-0.39, 0.29) is 17.4 Å². The molecule has 1 aromatic rings. The molecule has 0 saturated carbocycles. The van der Waals surface area contributed by atoms with Crippen molar-refractivity contribution in [2.45, 2.75) is 19.4 Å². The van der Waals surface area contributed by atoms with E-state index >= 15 is 0 Å². The molecule has 2 unspecified atom stereocenters.